The predicted molar refractivity (Wildman–Crippen MR) is 57.7 cm³/mol. The maximum Gasteiger partial charge on any atom is 0.410 e. The molecule has 0 saturated carbocycles. The standard InChI is InChI=1S/C11H20N2O2/c1-11(2,3)15-10(14)13-5-4-8-6-12-9(8)7-13/h8-9,12H,4-7H2,1-3H3/t8-,9+/m0/s1. The lowest BCUT2D eigenvalue weighted by molar-refractivity contribution is 0.00580. The molecule has 0 aromatic carbocycles. The van der Waals surface area contributed by atoms with Gasteiger partial charge in [0, 0.05) is 19.1 Å². The van der Waals surface area contributed by atoms with E-state index in [1.165, 1.54) is 0 Å². The molecule has 2 heterocycles. The number of nitrogens with zero attached hydrogens (tertiary/aromatic N) is 1. The zero-order chi connectivity index (χ0) is 11.1. The Morgan fingerprint density at radius 1 is 1.47 bits per heavy atom. The molecule has 2 saturated heterocycles. The topological polar surface area (TPSA) is 41.6 Å². The summed E-state index contributed by atoms with van der Waals surface area (Å²) in [6, 6.07) is 0.506. The maximum absolute atomic E-state index is 11.8. The van der Waals surface area contributed by atoms with E-state index in [4.69, 9.17) is 4.74 Å². The fourth-order valence-electron chi connectivity index (χ4n) is 2.11. The van der Waals surface area contributed by atoms with Gasteiger partial charge in [0.25, 0.3) is 0 Å². The highest BCUT2D eigenvalue weighted by atomic mass is 16.6. The first kappa shape index (κ1) is 10.7. The summed E-state index contributed by atoms with van der Waals surface area (Å²) in [4.78, 5) is 13.6. The number of rotatable bonds is 0. The molecule has 2 fully saturated rings. The first-order valence-corrected chi connectivity index (χ1v) is 5.67. The number of carbonyl (C=O) groups excluding carboxylic acids is 1. The average molecular weight is 212 g/mol. The third-order valence-corrected chi connectivity index (χ3v) is 3.05. The molecule has 0 spiro atoms. The van der Waals surface area contributed by atoms with Crippen molar-refractivity contribution in [2.45, 2.75) is 38.8 Å². The molecule has 4 nitrogen and oxygen atoms in total. The quantitative estimate of drug-likeness (QED) is 0.656. The lowest BCUT2D eigenvalue weighted by Gasteiger charge is -2.46. The molecule has 0 unspecified atom stereocenters. The summed E-state index contributed by atoms with van der Waals surface area (Å²) in [6.45, 7) is 8.47. The Balaban J connectivity index is 1.86. The number of likely N-dealkylation sites (tertiary alicyclic amines) is 1. The molecule has 1 amide bonds. The van der Waals surface area contributed by atoms with Gasteiger partial charge in [-0.3, -0.25) is 0 Å². The van der Waals surface area contributed by atoms with E-state index < -0.39 is 0 Å². The summed E-state index contributed by atoms with van der Waals surface area (Å²) in [5.74, 6) is 0.781. The summed E-state index contributed by atoms with van der Waals surface area (Å²) < 4.78 is 5.34. The number of carbonyl (C=O) groups is 1. The summed E-state index contributed by atoms with van der Waals surface area (Å²) in [7, 11) is 0. The minimum absolute atomic E-state index is 0.172. The first-order valence-electron chi connectivity index (χ1n) is 5.67. The van der Waals surface area contributed by atoms with Gasteiger partial charge in [-0.25, -0.2) is 4.79 Å². The summed E-state index contributed by atoms with van der Waals surface area (Å²) in [5, 5.41) is 3.35. The normalized spacial score (nSPS) is 30.5. The number of piperidine rings is 1. The molecule has 0 bridgehead atoms. The van der Waals surface area contributed by atoms with E-state index in [1.807, 2.05) is 25.7 Å². The van der Waals surface area contributed by atoms with Crippen LogP contribution in [0, 0.1) is 5.92 Å². The Morgan fingerprint density at radius 2 is 2.20 bits per heavy atom. The smallest absolute Gasteiger partial charge is 0.410 e. The van der Waals surface area contributed by atoms with Crippen molar-refractivity contribution < 1.29 is 9.53 Å². The fraction of sp³-hybridized carbons (Fsp3) is 0.909. The molecule has 0 radical (unpaired) electrons. The van der Waals surface area contributed by atoms with Crippen molar-refractivity contribution in [1.82, 2.24) is 10.2 Å². The molecule has 2 aliphatic heterocycles. The monoisotopic (exact) mass is 212 g/mol. The van der Waals surface area contributed by atoms with Crippen molar-refractivity contribution in [3.63, 3.8) is 0 Å². The number of ether oxygens (including phenoxy) is 1. The van der Waals surface area contributed by atoms with E-state index >= 15 is 0 Å². The van der Waals surface area contributed by atoms with Crippen LogP contribution in [0.15, 0.2) is 0 Å². The second-order valence-electron chi connectivity index (χ2n) is 5.49. The number of hydrogen-bond acceptors (Lipinski definition) is 3. The largest absolute Gasteiger partial charge is 0.444 e. The van der Waals surface area contributed by atoms with Gasteiger partial charge < -0.3 is 15.0 Å². The van der Waals surface area contributed by atoms with Crippen LogP contribution in [0.1, 0.15) is 27.2 Å². The second-order valence-corrected chi connectivity index (χ2v) is 5.49. The Bertz CT molecular complexity index is 260. The van der Waals surface area contributed by atoms with Crippen molar-refractivity contribution in [2.75, 3.05) is 19.6 Å². The predicted octanol–water partition coefficient (Wildman–Crippen LogP) is 1.22. The zero-order valence-corrected chi connectivity index (χ0v) is 9.75. The Kier molecular flexibility index (Phi) is 2.63. The van der Waals surface area contributed by atoms with E-state index in [9.17, 15) is 4.79 Å². The molecular formula is C11H20N2O2. The minimum atomic E-state index is -0.388. The van der Waals surface area contributed by atoms with Gasteiger partial charge in [0.1, 0.15) is 5.60 Å². The van der Waals surface area contributed by atoms with Crippen LogP contribution in [0.3, 0.4) is 0 Å². The molecule has 2 atom stereocenters. The van der Waals surface area contributed by atoms with Crippen LogP contribution in [0.2, 0.25) is 0 Å². The fourth-order valence-corrected chi connectivity index (χ4v) is 2.11. The average Bonchev–Trinajstić information content (AvgIpc) is 2.04. The van der Waals surface area contributed by atoms with Crippen LogP contribution >= 0.6 is 0 Å². The van der Waals surface area contributed by atoms with Crippen molar-refractivity contribution in [1.29, 1.82) is 0 Å². The van der Waals surface area contributed by atoms with Gasteiger partial charge >= 0.3 is 6.09 Å². The Hall–Kier alpha value is -0.770. The minimum Gasteiger partial charge on any atom is -0.444 e. The van der Waals surface area contributed by atoms with Crippen molar-refractivity contribution >= 4 is 6.09 Å². The number of nitrogens with one attached hydrogen (secondary N) is 1. The zero-order valence-electron chi connectivity index (χ0n) is 9.75. The highest BCUT2D eigenvalue weighted by Crippen LogP contribution is 2.24. The van der Waals surface area contributed by atoms with Gasteiger partial charge in [-0.1, -0.05) is 0 Å². The second kappa shape index (κ2) is 3.67. The molecule has 1 N–H and O–H groups in total. The van der Waals surface area contributed by atoms with E-state index in [1.54, 1.807) is 0 Å². The molecule has 0 aromatic rings. The van der Waals surface area contributed by atoms with E-state index in [0.717, 1.165) is 32.0 Å². The molecule has 2 aliphatic rings. The van der Waals surface area contributed by atoms with Crippen LogP contribution in [0.25, 0.3) is 0 Å². The van der Waals surface area contributed by atoms with Crippen LogP contribution in [-0.4, -0.2) is 42.3 Å². The highest BCUT2D eigenvalue weighted by molar-refractivity contribution is 5.68. The lowest BCUT2D eigenvalue weighted by atomic mass is 9.85. The van der Waals surface area contributed by atoms with Gasteiger partial charge in [0.2, 0.25) is 0 Å². The van der Waals surface area contributed by atoms with Crippen molar-refractivity contribution in [3.8, 4) is 0 Å². The van der Waals surface area contributed by atoms with Gasteiger partial charge in [-0.2, -0.15) is 0 Å². The first-order chi connectivity index (χ1) is 6.96. The molecule has 0 aromatic heterocycles. The van der Waals surface area contributed by atoms with Crippen LogP contribution in [0.4, 0.5) is 4.79 Å². The summed E-state index contributed by atoms with van der Waals surface area (Å²) in [5.41, 5.74) is -0.388. The van der Waals surface area contributed by atoms with Gasteiger partial charge in [0.15, 0.2) is 0 Å². The third kappa shape index (κ3) is 2.43. The van der Waals surface area contributed by atoms with E-state index in [0.29, 0.717) is 6.04 Å². The van der Waals surface area contributed by atoms with Crippen LogP contribution in [-0.2, 0) is 4.74 Å². The molecule has 4 heteroatoms. The van der Waals surface area contributed by atoms with Crippen molar-refractivity contribution in [2.24, 2.45) is 5.92 Å². The third-order valence-electron chi connectivity index (χ3n) is 3.05. The molecule has 15 heavy (non-hydrogen) atoms. The molecule has 86 valence electrons. The van der Waals surface area contributed by atoms with Gasteiger partial charge in [0.05, 0.1) is 0 Å². The highest BCUT2D eigenvalue weighted by Gasteiger charge is 2.38. The number of amides is 1. The number of fused-ring (bicyclic) bond motifs is 1. The summed E-state index contributed by atoms with van der Waals surface area (Å²) >= 11 is 0. The molecule has 2 rings (SSSR count). The van der Waals surface area contributed by atoms with E-state index in [2.05, 4.69) is 5.32 Å². The summed E-state index contributed by atoms with van der Waals surface area (Å²) in [6.07, 6.45) is 0.936. The molecular weight excluding hydrogens is 192 g/mol. The Morgan fingerprint density at radius 3 is 2.67 bits per heavy atom. The Labute approximate surface area is 91.0 Å². The van der Waals surface area contributed by atoms with Gasteiger partial charge in [-0.15, -0.1) is 0 Å². The maximum atomic E-state index is 11.8. The lowest BCUT2D eigenvalue weighted by Crippen LogP contribution is -2.63. The van der Waals surface area contributed by atoms with Crippen molar-refractivity contribution in [3.05, 3.63) is 0 Å². The van der Waals surface area contributed by atoms with Gasteiger partial charge in [-0.05, 0) is 39.7 Å². The van der Waals surface area contributed by atoms with Crippen LogP contribution < -0.4 is 5.32 Å². The SMILES string of the molecule is CC(C)(C)OC(=O)N1CC[C@H]2CN[C@@H]2C1. The number of hydrogen-bond donors (Lipinski definition) is 1. The molecule has 0 aliphatic carbocycles. The van der Waals surface area contributed by atoms with Crippen LogP contribution in [0.5, 0.6) is 0 Å². The van der Waals surface area contributed by atoms with E-state index in [-0.39, 0.29) is 11.7 Å².